The number of aliphatic imine (C=N–C) groups is 1. The van der Waals surface area contributed by atoms with Crippen molar-refractivity contribution < 1.29 is 17.9 Å². The van der Waals surface area contributed by atoms with Gasteiger partial charge in [-0.1, -0.05) is 31.5 Å². The van der Waals surface area contributed by atoms with Crippen molar-refractivity contribution in [3.8, 4) is 11.5 Å². The van der Waals surface area contributed by atoms with E-state index in [1.54, 1.807) is 30.3 Å². The number of amides is 1. The van der Waals surface area contributed by atoms with Gasteiger partial charge in [-0.05, 0) is 30.7 Å². The molecule has 2 aromatic carbocycles. The minimum atomic E-state index is -4.16. The molecule has 1 heterocycles. The summed E-state index contributed by atoms with van der Waals surface area (Å²) >= 11 is 0. The summed E-state index contributed by atoms with van der Waals surface area (Å²) in [5.41, 5.74) is 0.593. The lowest BCUT2D eigenvalue weighted by molar-refractivity contribution is 0.0862. The minimum absolute atomic E-state index is 0.0708. The van der Waals surface area contributed by atoms with Crippen LogP contribution in [-0.4, -0.2) is 45.2 Å². The number of benzene rings is 2. The van der Waals surface area contributed by atoms with Gasteiger partial charge in [-0.2, -0.15) is 0 Å². The average Bonchev–Trinajstić information content (AvgIpc) is 3.23. The van der Waals surface area contributed by atoms with Crippen molar-refractivity contribution in [2.45, 2.75) is 24.7 Å². The van der Waals surface area contributed by atoms with Gasteiger partial charge in [0.25, 0.3) is 5.91 Å². The molecule has 1 aliphatic heterocycles. The quantitative estimate of drug-likeness (QED) is 0.642. The van der Waals surface area contributed by atoms with Gasteiger partial charge in [-0.15, -0.1) is 0 Å². The molecular formula is C20H24N4O4S. The first-order valence-electron chi connectivity index (χ1n) is 9.38. The van der Waals surface area contributed by atoms with E-state index in [1.165, 1.54) is 17.3 Å². The lowest BCUT2D eigenvalue weighted by Gasteiger charge is -2.19. The number of hydrogen-bond donors (Lipinski definition) is 2. The van der Waals surface area contributed by atoms with Crippen LogP contribution < -0.4 is 15.2 Å². The van der Waals surface area contributed by atoms with E-state index < -0.39 is 10.0 Å². The molecule has 0 radical (unpaired) electrons. The van der Waals surface area contributed by atoms with E-state index in [1.807, 2.05) is 13.0 Å². The zero-order valence-electron chi connectivity index (χ0n) is 16.2. The van der Waals surface area contributed by atoms with Crippen LogP contribution in [0.15, 0.2) is 52.4 Å². The van der Waals surface area contributed by atoms with Gasteiger partial charge < -0.3 is 10.1 Å². The topological polar surface area (TPSA) is 114 Å². The Kier molecular flexibility index (Phi) is 6.50. The van der Waals surface area contributed by atoms with Crippen LogP contribution in [0.1, 0.15) is 30.1 Å². The Bertz CT molecular complexity index is 1010. The number of hydrogen-bond acceptors (Lipinski definition) is 6. The molecule has 0 bridgehead atoms. The first-order chi connectivity index (χ1) is 13.9. The zero-order chi connectivity index (χ0) is 20.9. The fourth-order valence-corrected chi connectivity index (χ4v) is 3.58. The molecule has 3 rings (SSSR count). The van der Waals surface area contributed by atoms with Crippen molar-refractivity contribution in [1.29, 1.82) is 0 Å². The minimum Gasteiger partial charge on any atom is -0.454 e. The van der Waals surface area contributed by atoms with Crippen molar-refractivity contribution in [2.24, 2.45) is 10.1 Å². The molecule has 0 aliphatic carbocycles. The average molecular weight is 417 g/mol. The molecule has 0 unspecified atom stereocenters. The summed E-state index contributed by atoms with van der Waals surface area (Å²) in [5, 5.41) is 8.65. The summed E-state index contributed by atoms with van der Waals surface area (Å²) in [6, 6.07) is 11.7. The standard InChI is InChI=1S/C20H24N4O4S/c1-2-3-9-23-17-12-15(20(25)24-11-10-22-14-24)13-18(29(21,26)27)19(17)28-16-7-5-4-6-8-16/h4-8,12-14,23H,2-3,9-11H2,1H3,(H2,21,26,27). The number of unbranched alkanes of at least 4 members (excludes halogenated alkanes) is 1. The highest BCUT2D eigenvalue weighted by Gasteiger charge is 2.25. The fourth-order valence-electron chi connectivity index (χ4n) is 2.88. The van der Waals surface area contributed by atoms with E-state index >= 15 is 0 Å². The molecule has 8 nitrogen and oxygen atoms in total. The Hall–Kier alpha value is -2.91. The molecule has 2 aromatic rings. The summed E-state index contributed by atoms with van der Waals surface area (Å²) in [5.74, 6) is 0.184. The van der Waals surface area contributed by atoms with Crippen molar-refractivity contribution in [1.82, 2.24) is 4.90 Å². The molecule has 0 spiro atoms. The van der Waals surface area contributed by atoms with Crippen molar-refractivity contribution in [3.05, 3.63) is 48.0 Å². The van der Waals surface area contributed by atoms with E-state index in [9.17, 15) is 13.2 Å². The number of nitrogens with zero attached hydrogens (tertiary/aromatic N) is 2. The van der Waals surface area contributed by atoms with E-state index in [2.05, 4.69) is 10.3 Å². The predicted molar refractivity (Wildman–Crippen MR) is 112 cm³/mol. The maximum absolute atomic E-state index is 12.8. The highest BCUT2D eigenvalue weighted by molar-refractivity contribution is 7.89. The molecule has 9 heteroatoms. The fraction of sp³-hybridized carbons (Fsp3) is 0.300. The van der Waals surface area contributed by atoms with E-state index in [-0.39, 0.29) is 22.1 Å². The van der Waals surface area contributed by atoms with Gasteiger partial charge in [0.1, 0.15) is 10.6 Å². The Labute approximate surface area is 170 Å². The highest BCUT2D eigenvalue weighted by atomic mass is 32.2. The van der Waals surface area contributed by atoms with Gasteiger partial charge in [0.05, 0.1) is 18.6 Å². The predicted octanol–water partition coefficient (Wildman–Crippen LogP) is 2.82. The van der Waals surface area contributed by atoms with Gasteiger partial charge >= 0.3 is 0 Å². The number of rotatable bonds is 8. The number of anilines is 1. The van der Waals surface area contributed by atoms with Crippen LogP contribution >= 0.6 is 0 Å². The van der Waals surface area contributed by atoms with E-state index in [4.69, 9.17) is 9.88 Å². The third-order valence-corrected chi connectivity index (χ3v) is 5.29. The monoisotopic (exact) mass is 416 g/mol. The number of carbonyl (C=O) groups excluding carboxylic acids is 1. The van der Waals surface area contributed by atoms with Crippen LogP contribution in [0.2, 0.25) is 0 Å². The third kappa shape index (κ3) is 5.12. The van der Waals surface area contributed by atoms with E-state index in [0.29, 0.717) is 31.1 Å². The van der Waals surface area contributed by atoms with Gasteiger partial charge in [0.2, 0.25) is 10.0 Å². The summed E-state index contributed by atoms with van der Waals surface area (Å²) in [4.78, 5) is 18.0. The maximum atomic E-state index is 12.8. The molecule has 0 fully saturated rings. The zero-order valence-corrected chi connectivity index (χ0v) is 17.0. The number of para-hydroxylation sites is 1. The van der Waals surface area contributed by atoms with Crippen LogP contribution in [0, 0.1) is 0 Å². The number of sulfonamides is 1. The van der Waals surface area contributed by atoms with Gasteiger partial charge in [-0.25, -0.2) is 13.6 Å². The lowest BCUT2D eigenvalue weighted by Crippen LogP contribution is -2.28. The maximum Gasteiger partial charge on any atom is 0.259 e. The number of carbonyl (C=O) groups is 1. The van der Waals surface area contributed by atoms with Crippen LogP contribution in [0.25, 0.3) is 0 Å². The molecule has 154 valence electrons. The normalized spacial score (nSPS) is 13.5. The molecule has 29 heavy (non-hydrogen) atoms. The molecule has 0 saturated heterocycles. The third-order valence-electron chi connectivity index (χ3n) is 4.37. The van der Waals surface area contributed by atoms with Crippen molar-refractivity contribution in [2.75, 3.05) is 25.0 Å². The second-order valence-electron chi connectivity index (χ2n) is 6.61. The molecular weight excluding hydrogens is 392 g/mol. The number of ether oxygens (including phenoxy) is 1. The van der Waals surface area contributed by atoms with E-state index in [0.717, 1.165) is 12.8 Å². The SMILES string of the molecule is CCCCNc1cc(C(=O)N2C=NCC2)cc(S(N)(=O)=O)c1Oc1ccccc1. The second kappa shape index (κ2) is 9.06. The number of nitrogens with two attached hydrogens (primary N) is 1. The van der Waals surface area contributed by atoms with Crippen LogP contribution in [0.4, 0.5) is 5.69 Å². The summed E-state index contributed by atoms with van der Waals surface area (Å²) in [7, 11) is -4.16. The smallest absolute Gasteiger partial charge is 0.259 e. The summed E-state index contributed by atoms with van der Waals surface area (Å²) < 4.78 is 30.6. The van der Waals surface area contributed by atoms with Crippen LogP contribution in [0.5, 0.6) is 11.5 Å². The molecule has 0 atom stereocenters. The summed E-state index contributed by atoms with van der Waals surface area (Å²) in [6.45, 7) is 3.61. The Morgan fingerprint density at radius 1 is 1.28 bits per heavy atom. The van der Waals surface area contributed by atoms with Crippen LogP contribution in [0.3, 0.4) is 0 Å². The van der Waals surface area contributed by atoms with Gasteiger partial charge in [-0.3, -0.25) is 14.7 Å². The highest BCUT2D eigenvalue weighted by Crippen LogP contribution is 2.37. The molecule has 0 saturated carbocycles. The molecule has 0 aromatic heterocycles. The number of nitrogens with one attached hydrogen (secondary N) is 1. The van der Waals surface area contributed by atoms with Crippen molar-refractivity contribution >= 4 is 28.0 Å². The Balaban J connectivity index is 2.09. The van der Waals surface area contributed by atoms with Gasteiger partial charge in [0.15, 0.2) is 5.75 Å². The lowest BCUT2D eigenvalue weighted by atomic mass is 10.1. The second-order valence-corrected chi connectivity index (χ2v) is 8.14. The van der Waals surface area contributed by atoms with Gasteiger partial charge in [0, 0.05) is 18.7 Å². The Morgan fingerprint density at radius 3 is 2.66 bits per heavy atom. The molecule has 3 N–H and O–H groups in total. The number of primary sulfonamides is 1. The first-order valence-corrected chi connectivity index (χ1v) is 10.9. The Morgan fingerprint density at radius 2 is 2.03 bits per heavy atom. The largest absolute Gasteiger partial charge is 0.454 e. The molecule has 1 aliphatic rings. The first kappa shape index (κ1) is 20.8. The van der Waals surface area contributed by atoms with Crippen LogP contribution in [-0.2, 0) is 10.0 Å². The van der Waals surface area contributed by atoms with Crippen molar-refractivity contribution in [3.63, 3.8) is 0 Å². The molecule has 1 amide bonds. The summed E-state index contributed by atoms with van der Waals surface area (Å²) in [6.07, 6.45) is 3.27.